The molecule has 0 spiro atoms. The molecule has 0 radical (unpaired) electrons. The summed E-state index contributed by atoms with van der Waals surface area (Å²) in [5.74, 6) is 0.00301. The maximum absolute atomic E-state index is 12.5. The van der Waals surface area contributed by atoms with Crippen LogP contribution in [0, 0.1) is 6.92 Å². The number of carboxylic acid groups (broad SMARTS) is 1. The summed E-state index contributed by atoms with van der Waals surface area (Å²) in [6, 6.07) is 7.15. The number of aliphatic carboxylic acids is 1. The van der Waals surface area contributed by atoms with Gasteiger partial charge >= 0.3 is 5.97 Å². The van der Waals surface area contributed by atoms with E-state index in [1.54, 1.807) is 35.9 Å². The van der Waals surface area contributed by atoms with Crippen LogP contribution in [0.1, 0.15) is 40.9 Å². The number of amides is 1. The average molecular weight is 339 g/mol. The van der Waals surface area contributed by atoms with Gasteiger partial charge < -0.3 is 19.4 Å². The van der Waals surface area contributed by atoms with E-state index in [-0.39, 0.29) is 18.2 Å². The zero-order valence-corrected chi connectivity index (χ0v) is 13.7. The largest absolute Gasteiger partial charge is 0.480 e. The van der Waals surface area contributed by atoms with Crippen LogP contribution in [0.5, 0.6) is 0 Å². The van der Waals surface area contributed by atoms with Crippen LogP contribution in [0.15, 0.2) is 34.9 Å². The molecule has 2 heterocycles. The van der Waals surface area contributed by atoms with Gasteiger partial charge in [0, 0.05) is 28.7 Å². The predicted octanol–water partition coefficient (Wildman–Crippen LogP) is 3.15. The van der Waals surface area contributed by atoms with Crippen molar-refractivity contribution in [2.24, 2.45) is 0 Å². The van der Waals surface area contributed by atoms with Gasteiger partial charge in [-0.3, -0.25) is 9.59 Å². The van der Waals surface area contributed by atoms with E-state index < -0.39 is 5.97 Å². The molecule has 0 unspecified atom stereocenters. The number of aromatic nitrogens is 2. The lowest BCUT2D eigenvalue weighted by Gasteiger charge is -2.05. The fraction of sp³-hybridized carbons (Fsp3) is 0.278. The zero-order chi connectivity index (χ0) is 17.6. The number of benzene rings is 1. The average Bonchev–Trinajstić information content (AvgIpc) is 3.24. The Morgan fingerprint density at radius 1 is 1.36 bits per heavy atom. The third-order valence-corrected chi connectivity index (χ3v) is 4.28. The first kappa shape index (κ1) is 15.4. The SMILES string of the molecule is Cc1nc(C2CC2)oc1C(=O)Nc1ccc2c(ccn2CC(=O)O)c1. The Kier molecular flexibility index (Phi) is 3.56. The quantitative estimate of drug-likeness (QED) is 0.744. The highest BCUT2D eigenvalue weighted by atomic mass is 16.4. The smallest absolute Gasteiger partial charge is 0.323 e. The van der Waals surface area contributed by atoms with Crippen LogP contribution in [0.3, 0.4) is 0 Å². The van der Waals surface area contributed by atoms with Gasteiger partial charge in [0.05, 0.1) is 5.69 Å². The number of hydrogen-bond acceptors (Lipinski definition) is 4. The molecule has 1 amide bonds. The Morgan fingerprint density at radius 3 is 2.88 bits per heavy atom. The van der Waals surface area contributed by atoms with Crippen LogP contribution in [-0.2, 0) is 11.3 Å². The van der Waals surface area contributed by atoms with Crippen molar-refractivity contribution in [2.75, 3.05) is 5.32 Å². The van der Waals surface area contributed by atoms with Gasteiger partial charge in [-0.25, -0.2) is 4.98 Å². The van der Waals surface area contributed by atoms with E-state index >= 15 is 0 Å². The van der Waals surface area contributed by atoms with Crippen molar-refractivity contribution >= 4 is 28.5 Å². The summed E-state index contributed by atoms with van der Waals surface area (Å²) < 4.78 is 7.26. The molecule has 1 aliphatic carbocycles. The Labute approximate surface area is 143 Å². The number of nitrogens with one attached hydrogen (secondary N) is 1. The predicted molar refractivity (Wildman–Crippen MR) is 90.7 cm³/mol. The molecule has 2 aromatic heterocycles. The van der Waals surface area contributed by atoms with E-state index in [0.717, 1.165) is 23.7 Å². The highest BCUT2D eigenvalue weighted by Gasteiger charge is 2.30. The topological polar surface area (TPSA) is 97.4 Å². The molecular weight excluding hydrogens is 322 g/mol. The van der Waals surface area contributed by atoms with Crippen molar-refractivity contribution in [1.29, 1.82) is 0 Å². The molecule has 128 valence electrons. The molecule has 0 atom stereocenters. The molecular formula is C18H17N3O4. The molecule has 7 heteroatoms. The number of aryl methyl sites for hydroxylation is 1. The van der Waals surface area contributed by atoms with E-state index in [2.05, 4.69) is 10.3 Å². The van der Waals surface area contributed by atoms with Crippen molar-refractivity contribution in [3.8, 4) is 0 Å². The van der Waals surface area contributed by atoms with Gasteiger partial charge in [0.1, 0.15) is 6.54 Å². The number of anilines is 1. The number of carbonyl (C=O) groups excluding carboxylic acids is 1. The van der Waals surface area contributed by atoms with Crippen molar-refractivity contribution in [3.05, 3.63) is 47.8 Å². The normalized spacial score (nSPS) is 14.0. The molecule has 1 aliphatic rings. The maximum Gasteiger partial charge on any atom is 0.323 e. The second-order valence-electron chi connectivity index (χ2n) is 6.31. The van der Waals surface area contributed by atoms with Crippen LogP contribution in [0.4, 0.5) is 5.69 Å². The molecule has 7 nitrogen and oxygen atoms in total. The molecule has 0 saturated heterocycles. The fourth-order valence-electron chi connectivity index (χ4n) is 2.88. The summed E-state index contributed by atoms with van der Waals surface area (Å²) in [4.78, 5) is 27.7. The third kappa shape index (κ3) is 3.00. The first-order chi connectivity index (χ1) is 12.0. The second kappa shape index (κ2) is 5.77. The lowest BCUT2D eigenvalue weighted by molar-refractivity contribution is -0.137. The van der Waals surface area contributed by atoms with E-state index in [4.69, 9.17) is 9.52 Å². The number of hydrogen-bond donors (Lipinski definition) is 2. The molecule has 25 heavy (non-hydrogen) atoms. The van der Waals surface area contributed by atoms with Crippen molar-refractivity contribution < 1.29 is 19.1 Å². The van der Waals surface area contributed by atoms with E-state index in [0.29, 0.717) is 23.2 Å². The standard InChI is InChI=1S/C18H17N3O4/c1-10-16(25-18(19-10)11-2-3-11)17(24)20-13-4-5-14-12(8-13)6-7-21(14)9-15(22)23/h4-8,11H,2-3,9H2,1H3,(H,20,24)(H,22,23). The van der Waals surface area contributed by atoms with Gasteiger partial charge in [0.2, 0.25) is 5.76 Å². The zero-order valence-electron chi connectivity index (χ0n) is 13.7. The molecule has 3 aromatic rings. The molecule has 4 rings (SSSR count). The molecule has 1 saturated carbocycles. The Bertz CT molecular complexity index is 982. The molecule has 2 N–H and O–H groups in total. The van der Waals surface area contributed by atoms with Crippen LogP contribution in [0.25, 0.3) is 10.9 Å². The summed E-state index contributed by atoms with van der Waals surface area (Å²) in [5.41, 5.74) is 2.01. The van der Waals surface area contributed by atoms with Gasteiger partial charge in [-0.2, -0.15) is 0 Å². The minimum absolute atomic E-state index is 0.101. The monoisotopic (exact) mass is 339 g/mol. The Hall–Kier alpha value is -3.09. The highest BCUT2D eigenvalue weighted by Crippen LogP contribution is 2.40. The summed E-state index contributed by atoms with van der Waals surface area (Å²) >= 11 is 0. The summed E-state index contributed by atoms with van der Waals surface area (Å²) in [6.07, 6.45) is 3.84. The van der Waals surface area contributed by atoms with Crippen LogP contribution < -0.4 is 5.32 Å². The van der Waals surface area contributed by atoms with E-state index in [9.17, 15) is 9.59 Å². The van der Waals surface area contributed by atoms with Gasteiger partial charge in [-0.15, -0.1) is 0 Å². The van der Waals surface area contributed by atoms with Gasteiger partial charge in [-0.05, 0) is 44.0 Å². The van der Waals surface area contributed by atoms with E-state index in [1.165, 1.54) is 0 Å². The molecule has 1 aromatic carbocycles. The highest BCUT2D eigenvalue weighted by molar-refractivity contribution is 6.04. The van der Waals surface area contributed by atoms with Gasteiger partial charge in [0.15, 0.2) is 5.89 Å². The first-order valence-electron chi connectivity index (χ1n) is 8.10. The summed E-state index contributed by atoms with van der Waals surface area (Å²) in [7, 11) is 0. The summed E-state index contributed by atoms with van der Waals surface area (Å²) in [6.45, 7) is 1.66. The first-order valence-corrected chi connectivity index (χ1v) is 8.10. The number of rotatable bonds is 5. The van der Waals surface area contributed by atoms with Crippen molar-refractivity contribution in [3.63, 3.8) is 0 Å². The number of carbonyl (C=O) groups is 2. The van der Waals surface area contributed by atoms with E-state index in [1.807, 2.05) is 6.07 Å². The fourth-order valence-corrected chi connectivity index (χ4v) is 2.88. The van der Waals surface area contributed by atoms with Crippen LogP contribution in [-0.4, -0.2) is 26.5 Å². The minimum Gasteiger partial charge on any atom is -0.480 e. The lowest BCUT2D eigenvalue weighted by atomic mass is 10.2. The molecule has 1 fully saturated rings. The number of carboxylic acids is 1. The van der Waals surface area contributed by atoms with Crippen LogP contribution in [0.2, 0.25) is 0 Å². The Morgan fingerprint density at radius 2 is 2.16 bits per heavy atom. The maximum atomic E-state index is 12.5. The molecule has 0 aliphatic heterocycles. The van der Waals surface area contributed by atoms with Crippen molar-refractivity contribution in [1.82, 2.24) is 9.55 Å². The van der Waals surface area contributed by atoms with Gasteiger partial charge in [0.25, 0.3) is 5.91 Å². The minimum atomic E-state index is -0.901. The lowest BCUT2D eigenvalue weighted by Crippen LogP contribution is -2.12. The number of nitrogens with zero attached hydrogens (tertiary/aromatic N) is 2. The van der Waals surface area contributed by atoms with Gasteiger partial charge in [-0.1, -0.05) is 0 Å². The van der Waals surface area contributed by atoms with Crippen molar-refractivity contribution in [2.45, 2.75) is 32.2 Å². The third-order valence-electron chi connectivity index (χ3n) is 4.28. The Balaban J connectivity index is 1.55. The number of oxazole rings is 1. The van der Waals surface area contributed by atoms with Crippen LogP contribution >= 0.6 is 0 Å². The second-order valence-corrected chi connectivity index (χ2v) is 6.31. The summed E-state index contributed by atoms with van der Waals surface area (Å²) in [5, 5.41) is 12.6. The molecule has 0 bridgehead atoms. The number of fused-ring (bicyclic) bond motifs is 1.